The van der Waals surface area contributed by atoms with Crippen LogP contribution >= 0.6 is 11.6 Å². The van der Waals surface area contributed by atoms with Crippen molar-refractivity contribution in [3.63, 3.8) is 0 Å². The van der Waals surface area contributed by atoms with E-state index in [1.54, 1.807) is 30.3 Å². The number of hydrogen-bond donors (Lipinski definition) is 0. The third-order valence-electron chi connectivity index (χ3n) is 7.33. The molecule has 4 rings (SSSR count). The highest BCUT2D eigenvalue weighted by Crippen LogP contribution is 2.40. The zero-order valence-electron chi connectivity index (χ0n) is 24.9. The number of pyridine rings is 1. The third-order valence-corrected chi connectivity index (χ3v) is 8.97. The lowest BCUT2D eigenvalue weighted by Gasteiger charge is -2.35. The average Bonchev–Trinajstić information content (AvgIpc) is 2.94. The lowest BCUT2D eigenvalue weighted by atomic mass is 9.82. The van der Waals surface area contributed by atoms with Gasteiger partial charge in [-0.2, -0.15) is 4.31 Å². The zero-order valence-corrected chi connectivity index (χ0v) is 26.5. The van der Waals surface area contributed by atoms with Crippen LogP contribution in [-0.2, 0) is 20.2 Å². The van der Waals surface area contributed by atoms with Gasteiger partial charge in [0.1, 0.15) is 17.3 Å². The van der Waals surface area contributed by atoms with E-state index in [2.05, 4.69) is 14.5 Å². The van der Waals surface area contributed by atoms with E-state index < -0.39 is 45.6 Å². The fourth-order valence-corrected chi connectivity index (χ4v) is 6.06. The van der Waals surface area contributed by atoms with Crippen LogP contribution in [0, 0.1) is 0 Å². The first-order chi connectivity index (χ1) is 21.2. The number of rotatable bonds is 8. The van der Waals surface area contributed by atoms with Gasteiger partial charge >= 0.3 is 12.7 Å². The largest absolute Gasteiger partial charge is 0.573 e. The number of carbonyl (C=O) groups is 1. The van der Waals surface area contributed by atoms with Gasteiger partial charge in [-0.25, -0.2) is 13.4 Å². The van der Waals surface area contributed by atoms with Crippen LogP contribution in [-0.4, -0.2) is 75.8 Å². The maximum absolute atomic E-state index is 14.0. The third kappa shape index (κ3) is 8.33. The summed E-state index contributed by atoms with van der Waals surface area (Å²) in [5.74, 6) is -2.27. The van der Waals surface area contributed by atoms with E-state index in [9.17, 15) is 39.6 Å². The highest BCUT2D eigenvalue weighted by Gasteiger charge is 2.38. The SMILES string of the molecule is CN(C(=O)C(C)(C)c1cc(OC(F)(F)F)cc(OC(F)(F)F)c1)c1cnc(N2CCN(S(C)(=O)=O)CC2)cc1-c1ccccc1Cl. The number of alkyl halides is 6. The molecule has 0 bridgehead atoms. The van der Waals surface area contributed by atoms with Crippen LogP contribution < -0.4 is 19.3 Å². The number of aromatic nitrogens is 1. The number of halogens is 7. The van der Waals surface area contributed by atoms with Crippen molar-refractivity contribution in [2.45, 2.75) is 32.0 Å². The summed E-state index contributed by atoms with van der Waals surface area (Å²) in [5, 5.41) is 0.328. The summed E-state index contributed by atoms with van der Waals surface area (Å²) >= 11 is 6.53. The Balaban J connectivity index is 1.74. The van der Waals surface area contributed by atoms with E-state index in [4.69, 9.17) is 11.6 Å². The number of anilines is 2. The van der Waals surface area contributed by atoms with Gasteiger partial charge in [0.15, 0.2) is 0 Å². The molecule has 1 aliphatic rings. The fourth-order valence-electron chi connectivity index (χ4n) is 4.99. The number of carbonyl (C=O) groups excluding carboxylic acids is 1. The predicted molar refractivity (Wildman–Crippen MR) is 160 cm³/mol. The Morgan fingerprint density at radius 2 is 1.43 bits per heavy atom. The first kappa shape index (κ1) is 35.1. The maximum Gasteiger partial charge on any atom is 0.573 e. The molecule has 1 aliphatic heterocycles. The molecule has 9 nitrogen and oxygen atoms in total. The Morgan fingerprint density at radius 1 is 0.891 bits per heavy atom. The van der Waals surface area contributed by atoms with Crippen molar-refractivity contribution >= 4 is 39.0 Å². The first-order valence-electron chi connectivity index (χ1n) is 13.6. The molecule has 1 saturated heterocycles. The number of nitrogens with zero attached hydrogens (tertiary/aromatic N) is 4. The van der Waals surface area contributed by atoms with Gasteiger partial charge in [-0.05, 0) is 43.7 Å². The Labute approximate surface area is 266 Å². The number of benzene rings is 2. The van der Waals surface area contributed by atoms with Gasteiger partial charge in [0, 0.05) is 55.4 Å². The number of hydrogen-bond acceptors (Lipinski definition) is 7. The summed E-state index contributed by atoms with van der Waals surface area (Å²) in [6, 6.07) is 10.5. The van der Waals surface area contributed by atoms with Crippen LogP contribution in [0.15, 0.2) is 54.7 Å². The molecule has 0 radical (unpaired) electrons. The molecule has 2 aromatic carbocycles. The molecule has 250 valence electrons. The number of likely N-dealkylation sites (N-methyl/N-ethyl adjacent to an activating group) is 1. The van der Waals surface area contributed by atoms with Gasteiger partial charge in [0.25, 0.3) is 0 Å². The summed E-state index contributed by atoms with van der Waals surface area (Å²) in [4.78, 5) is 21.6. The number of amides is 1. The lowest BCUT2D eigenvalue weighted by molar-refractivity contribution is -0.276. The van der Waals surface area contributed by atoms with Crippen molar-refractivity contribution in [2.75, 3.05) is 49.3 Å². The lowest BCUT2D eigenvalue weighted by Crippen LogP contribution is -2.48. The van der Waals surface area contributed by atoms with Crippen molar-refractivity contribution in [3.05, 3.63) is 65.3 Å². The minimum absolute atomic E-state index is 0.230. The second-order valence-electron chi connectivity index (χ2n) is 11.0. The van der Waals surface area contributed by atoms with E-state index in [-0.39, 0.29) is 24.3 Å². The van der Waals surface area contributed by atoms with Crippen LogP contribution in [0.25, 0.3) is 11.1 Å². The smallest absolute Gasteiger partial charge is 0.406 e. The molecular formula is C29H29ClF6N4O5S. The molecule has 0 N–H and O–H groups in total. The van der Waals surface area contributed by atoms with Gasteiger partial charge in [-0.15, -0.1) is 26.3 Å². The molecule has 0 aliphatic carbocycles. The van der Waals surface area contributed by atoms with Gasteiger partial charge in [0.05, 0.1) is 23.6 Å². The Hall–Kier alpha value is -3.76. The average molecular weight is 695 g/mol. The van der Waals surface area contributed by atoms with Gasteiger partial charge in [-0.3, -0.25) is 4.79 Å². The monoisotopic (exact) mass is 694 g/mol. The number of sulfonamides is 1. The topological polar surface area (TPSA) is 92.3 Å². The second-order valence-corrected chi connectivity index (χ2v) is 13.4. The van der Waals surface area contributed by atoms with E-state index in [1.807, 2.05) is 4.90 Å². The van der Waals surface area contributed by atoms with E-state index in [1.165, 1.54) is 36.3 Å². The van der Waals surface area contributed by atoms with Gasteiger partial charge in [-0.1, -0.05) is 29.8 Å². The first-order valence-corrected chi connectivity index (χ1v) is 15.8. The summed E-state index contributed by atoms with van der Waals surface area (Å²) in [5.41, 5.74) is -0.779. The molecule has 3 aromatic rings. The minimum Gasteiger partial charge on any atom is -0.406 e. The molecule has 17 heteroatoms. The summed E-state index contributed by atoms with van der Waals surface area (Å²) < 4.78 is 111. The quantitative estimate of drug-likeness (QED) is 0.259. The van der Waals surface area contributed by atoms with Crippen LogP contribution in [0.1, 0.15) is 19.4 Å². The number of piperazine rings is 1. The standard InChI is InChI=1S/C29H29ClF6N4O5S/c1-27(2,18-13-19(44-28(31,32)33)15-20(14-18)45-29(34,35)36)26(41)38(3)24-17-37-25(16-22(24)21-7-5-6-8-23(21)30)39-9-11-40(12-10-39)46(4,42)43/h5-8,13-17H,9-12H2,1-4H3. The predicted octanol–water partition coefficient (Wildman–Crippen LogP) is 6.22. The Bertz CT molecular complexity index is 1680. The van der Waals surface area contributed by atoms with Crippen LogP contribution in [0.4, 0.5) is 37.8 Å². The van der Waals surface area contributed by atoms with Crippen molar-refractivity contribution in [1.82, 2.24) is 9.29 Å². The number of ether oxygens (including phenoxy) is 2. The molecule has 0 saturated carbocycles. The normalized spacial score (nSPS) is 15.1. The summed E-state index contributed by atoms with van der Waals surface area (Å²) in [6.07, 6.45) is -7.93. The van der Waals surface area contributed by atoms with Crippen molar-refractivity contribution in [3.8, 4) is 22.6 Å². The highest BCUT2D eigenvalue weighted by molar-refractivity contribution is 7.88. The van der Waals surface area contributed by atoms with Crippen LogP contribution in [0.3, 0.4) is 0 Å². The molecule has 1 aromatic heterocycles. The molecule has 0 unspecified atom stereocenters. The van der Waals surface area contributed by atoms with E-state index >= 15 is 0 Å². The summed E-state index contributed by atoms with van der Waals surface area (Å²) in [6.45, 7) is 3.78. The minimum atomic E-state index is -5.23. The second kappa shape index (κ2) is 12.8. The molecular weight excluding hydrogens is 666 g/mol. The van der Waals surface area contributed by atoms with Gasteiger partial charge in [0.2, 0.25) is 15.9 Å². The van der Waals surface area contributed by atoms with Crippen molar-refractivity contribution in [1.29, 1.82) is 0 Å². The van der Waals surface area contributed by atoms with Gasteiger partial charge < -0.3 is 19.3 Å². The molecule has 0 atom stereocenters. The highest BCUT2D eigenvalue weighted by atomic mass is 35.5. The molecule has 2 heterocycles. The molecule has 0 spiro atoms. The van der Waals surface area contributed by atoms with Crippen molar-refractivity contribution < 1.29 is 49.0 Å². The van der Waals surface area contributed by atoms with Crippen LogP contribution in [0.2, 0.25) is 5.02 Å². The van der Waals surface area contributed by atoms with E-state index in [0.717, 1.165) is 18.4 Å². The summed E-state index contributed by atoms with van der Waals surface area (Å²) in [7, 11) is -1.99. The Kier molecular flexibility index (Phi) is 9.76. The van der Waals surface area contributed by atoms with E-state index in [0.29, 0.717) is 41.1 Å². The molecule has 46 heavy (non-hydrogen) atoms. The maximum atomic E-state index is 14.0. The zero-order chi connectivity index (χ0) is 34.2. The van der Waals surface area contributed by atoms with Crippen LogP contribution in [0.5, 0.6) is 11.5 Å². The molecule has 1 amide bonds. The fraction of sp³-hybridized carbons (Fsp3) is 0.379. The van der Waals surface area contributed by atoms with Crippen molar-refractivity contribution in [2.24, 2.45) is 0 Å². The molecule has 1 fully saturated rings. The Morgan fingerprint density at radius 3 is 1.93 bits per heavy atom.